The third-order valence-corrected chi connectivity index (χ3v) is 4.61. The Balaban J connectivity index is 1.90. The number of aromatic nitrogens is 2. The molecule has 31 heavy (non-hydrogen) atoms. The zero-order valence-corrected chi connectivity index (χ0v) is 16.4. The summed E-state index contributed by atoms with van der Waals surface area (Å²) in [6.45, 7) is -3.37. The lowest BCUT2D eigenvalue weighted by molar-refractivity contribution is -0.0688. The van der Waals surface area contributed by atoms with Gasteiger partial charge in [-0.25, -0.2) is 4.98 Å². The van der Waals surface area contributed by atoms with Crippen LogP contribution in [0.2, 0.25) is 5.02 Å². The molecule has 0 amide bonds. The van der Waals surface area contributed by atoms with Crippen LogP contribution in [0.4, 0.5) is 19.0 Å². The zero-order chi connectivity index (χ0) is 22.0. The number of fused-ring (bicyclic) bond motifs is 1. The highest BCUT2D eigenvalue weighted by Gasteiger charge is 2.19. The molecule has 0 radical (unpaired) electrons. The Morgan fingerprint density at radius 2 is 1.81 bits per heavy atom. The number of pyridine rings is 1. The average molecular weight is 444 g/mol. The number of aliphatic imine (C=N–C) groups is 1. The van der Waals surface area contributed by atoms with Crippen molar-refractivity contribution in [1.29, 1.82) is 0 Å². The van der Waals surface area contributed by atoms with Gasteiger partial charge >= 0.3 is 12.8 Å². The van der Waals surface area contributed by atoms with Gasteiger partial charge in [-0.3, -0.25) is 9.20 Å². The molecule has 0 spiro atoms. The van der Waals surface area contributed by atoms with Crippen LogP contribution in [0.1, 0.15) is 15.9 Å². The molecule has 156 valence electrons. The fourth-order valence-electron chi connectivity index (χ4n) is 3.09. The summed E-state index contributed by atoms with van der Waals surface area (Å²) < 4.78 is 43.7. The minimum Gasteiger partial charge on any atom is -0.393 e. The highest BCUT2D eigenvalue weighted by molar-refractivity contribution is 6.30. The van der Waals surface area contributed by atoms with Gasteiger partial charge < -0.3 is 4.74 Å². The van der Waals surface area contributed by atoms with Gasteiger partial charge in [-0.1, -0.05) is 54.1 Å². The molecule has 0 bridgehead atoms. The Morgan fingerprint density at radius 1 is 1.03 bits per heavy atom. The van der Waals surface area contributed by atoms with E-state index in [1.165, 1.54) is 10.6 Å². The minimum atomic E-state index is -3.37. The van der Waals surface area contributed by atoms with Crippen LogP contribution in [0.15, 0.2) is 77.9 Å². The van der Waals surface area contributed by atoms with E-state index in [1.807, 2.05) is 0 Å². The first-order valence-electron chi connectivity index (χ1n) is 8.99. The predicted molar refractivity (Wildman–Crippen MR) is 111 cm³/mol. The molecule has 0 aliphatic carbocycles. The Morgan fingerprint density at radius 3 is 2.52 bits per heavy atom. The summed E-state index contributed by atoms with van der Waals surface area (Å²) in [6.07, 6.45) is -0.207. The fraction of sp³-hybridized carbons (Fsp3) is 0.0455. The van der Waals surface area contributed by atoms with E-state index in [9.17, 15) is 18.0 Å². The average Bonchev–Trinajstić information content (AvgIpc) is 3.10. The number of carbonyl (C=O) groups is 1. The second-order valence-electron chi connectivity index (χ2n) is 6.38. The number of nitrogens with zero attached hydrogens (tertiary/aromatic N) is 3. The van der Waals surface area contributed by atoms with Crippen LogP contribution in [0.5, 0.6) is 0 Å². The maximum absolute atomic E-state index is 13.8. The van der Waals surface area contributed by atoms with Gasteiger partial charge in [0.05, 0.1) is 5.69 Å². The van der Waals surface area contributed by atoms with E-state index < -0.39 is 12.8 Å². The highest BCUT2D eigenvalue weighted by Crippen LogP contribution is 2.33. The molecule has 2 aromatic heterocycles. The first-order valence-corrected chi connectivity index (χ1v) is 9.37. The SMILES string of the molecule is O=C(c1ccccc1)c1ccc2nc(/N=C(/F)OC(F)F)c(-c3cccc(Cl)c3)n2c1. The van der Waals surface area contributed by atoms with E-state index in [-0.39, 0.29) is 17.3 Å². The maximum Gasteiger partial charge on any atom is 0.390 e. The van der Waals surface area contributed by atoms with Crippen molar-refractivity contribution in [3.63, 3.8) is 0 Å². The van der Waals surface area contributed by atoms with E-state index in [4.69, 9.17) is 11.6 Å². The molecule has 0 aliphatic rings. The van der Waals surface area contributed by atoms with Crippen LogP contribution in [0, 0.1) is 0 Å². The van der Waals surface area contributed by atoms with Crippen molar-refractivity contribution in [2.24, 2.45) is 4.99 Å². The van der Waals surface area contributed by atoms with Gasteiger partial charge in [-0.2, -0.15) is 13.8 Å². The summed E-state index contributed by atoms with van der Waals surface area (Å²) >= 11 is 6.08. The van der Waals surface area contributed by atoms with Crippen molar-refractivity contribution in [2.45, 2.75) is 6.61 Å². The molecule has 0 saturated heterocycles. The highest BCUT2D eigenvalue weighted by atomic mass is 35.5. The Hall–Kier alpha value is -3.65. The molecule has 0 unspecified atom stereocenters. The third kappa shape index (κ3) is 4.44. The molecule has 0 atom stereocenters. The molecule has 5 nitrogen and oxygen atoms in total. The number of ether oxygens (including phenoxy) is 1. The van der Waals surface area contributed by atoms with Gasteiger partial charge in [0.1, 0.15) is 5.65 Å². The topological polar surface area (TPSA) is 56.0 Å². The third-order valence-electron chi connectivity index (χ3n) is 4.38. The van der Waals surface area contributed by atoms with Gasteiger partial charge in [-0.05, 0) is 24.3 Å². The lowest BCUT2D eigenvalue weighted by atomic mass is 10.1. The van der Waals surface area contributed by atoms with Crippen LogP contribution >= 0.6 is 11.6 Å². The number of imidazole rings is 1. The number of carbonyl (C=O) groups excluding carboxylic acids is 1. The number of hydrogen-bond acceptors (Lipinski definition) is 4. The monoisotopic (exact) mass is 443 g/mol. The van der Waals surface area contributed by atoms with Crippen molar-refractivity contribution in [2.75, 3.05) is 0 Å². The van der Waals surface area contributed by atoms with E-state index in [2.05, 4.69) is 14.7 Å². The lowest BCUT2D eigenvalue weighted by Crippen LogP contribution is -2.04. The molecule has 9 heteroatoms. The van der Waals surface area contributed by atoms with Gasteiger partial charge in [0, 0.05) is 27.9 Å². The standard InChI is InChI=1S/C22H13ClF3N3O2/c23-16-8-4-7-14(11-16)18-20(28-22(26)31-21(24)25)27-17-10-9-15(12-29(17)18)19(30)13-5-2-1-3-6-13/h1-12,21H/b28-22-. The van der Waals surface area contributed by atoms with E-state index >= 15 is 0 Å². The molecule has 2 aromatic carbocycles. The molecule has 0 saturated carbocycles. The summed E-state index contributed by atoms with van der Waals surface area (Å²) in [7, 11) is 0. The largest absolute Gasteiger partial charge is 0.393 e. The summed E-state index contributed by atoms with van der Waals surface area (Å²) in [5.41, 5.74) is 1.91. The maximum atomic E-state index is 13.8. The van der Waals surface area contributed by atoms with E-state index in [0.717, 1.165) is 0 Å². The number of rotatable bonds is 5. The van der Waals surface area contributed by atoms with Crippen LogP contribution in [-0.4, -0.2) is 27.9 Å². The quantitative estimate of drug-likeness (QED) is 0.213. The number of halogens is 4. The summed E-state index contributed by atoms with van der Waals surface area (Å²) in [5, 5.41) is 0.392. The smallest absolute Gasteiger partial charge is 0.390 e. The van der Waals surface area contributed by atoms with E-state index in [0.29, 0.717) is 27.4 Å². The molecular formula is C22H13ClF3N3O2. The van der Waals surface area contributed by atoms with Crippen LogP contribution in [0.25, 0.3) is 16.9 Å². The van der Waals surface area contributed by atoms with Crippen LogP contribution in [-0.2, 0) is 4.74 Å². The molecule has 0 aliphatic heterocycles. The normalized spacial score (nSPS) is 11.8. The zero-order valence-electron chi connectivity index (χ0n) is 15.7. The predicted octanol–water partition coefficient (Wildman–Crippen LogP) is 6.08. The summed E-state index contributed by atoms with van der Waals surface area (Å²) in [4.78, 5) is 20.5. The van der Waals surface area contributed by atoms with Gasteiger partial charge in [0.2, 0.25) is 0 Å². The number of hydrogen-bond donors (Lipinski definition) is 0. The first-order chi connectivity index (χ1) is 14.9. The molecule has 0 N–H and O–H groups in total. The Kier molecular flexibility index (Phi) is 5.73. The second kappa shape index (κ2) is 8.61. The summed E-state index contributed by atoms with van der Waals surface area (Å²) in [5.74, 6) is -0.435. The van der Waals surface area contributed by atoms with Gasteiger partial charge in [-0.15, -0.1) is 4.39 Å². The minimum absolute atomic E-state index is 0.204. The van der Waals surface area contributed by atoms with Crippen LogP contribution in [0.3, 0.4) is 0 Å². The number of ketones is 1. The van der Waals surface area contributed by atoms with Crippen molar-refractivity contribution < 1.29 is 22.7 Å². The Bertz CT molecular complexity index is 1290. The van der Waals surface area contributed by atoms with Crippen molar-refractivity contribution in [3.05, 3.63) is 89.1 Å². The first kappa shape index (κ1) is 20.6. The Labute approximate surface area is 179 Å². The second-order valence-corrected chi connectivity index (χ2v) is 6.82. The van der Waals surface area contributed by atoms with Crippen LogP contribution < -0.4 is 0 Å². The fourth-order valence-corrected chi connectivity index (χ4v) is 3.28. The molecule has 4 rings (SSSR count). The lowest BCUT2D eigenvalue weighted by Gasteiger charge is -2.07. The van der Waals surface area contributed by atoms with Crippen molar-refractivity contribution in [3.8, 4) is 11.3 Å². The van der Waals surface area contributed by atoms with Crippen molar-refractivity contribution >= 4 is 35.0 Å². The van der Waals surface area contributed by atoms with E-state index in [1.54, 1.807) is 66.7 Å². The number of benzene rings is 2. The van der Waals surface area contributed by atoms with Crippen molar-refractivity contribution in [1.82, 2.24) is 9.38 Å². The van der Waals surface area contributed by atoms with Gasteiger partial charge in [0.25, 0.3) is 0 Å². The number of alkyl halides is 2. The molecule has 4 aromatic rings. The summed E-state index contributed by atoms with van der Waals surface area (Å²) in [6, 6.07) is 18.3. The molecular weight excluding hydrogens is 431 g/mol. The van der Waals surface area contributed by atoms with Gasteiger partial charge in [0.15, 0.2) is 11.6 Å². The molecule has 2 heterocycles. The molecule has 0 fully saturated rings.